The van der Waals surface area contributed by atoms with Gasteiger partial charge in [-0.2, -0.15) is 0 Å². The van der Waals surface area contributed by atoms with Crippen LogP contribution in [0.5, 0.6) is 5.75 Å². The topological polar surface area (TPSA) is 26.3 Å². The smallest absolute Gasteiger partial charge is 0.317 e. The lowest BCUT2D eigenvalue weighted by Gasteiger charge is -2.27. The molecular weight excluding hydrogens is 452 g/mol. The third-order valence-corrected chi connectivity index (χ3v) is 8.11. The van der Waals surface area contributed by atoms with E-state index in [1.54, 1.807) is 0 Å². The molecule has 0 aromatic heterocycles. The molecule has 0 saturated carbocycles. The van der Waals surface area contributed by atoms with Gasteiger partial charge in [-0.05, 0) is 50.3 Å². The van der Waals surface area contributed by atoms with Crippen molar-refractivity contribution >= 4 is 5.97 Å². The van der Waals surface area contributed by atoms with E-state index in [0.29, 0.717) is 5.75 Å². The maximum Gasteiger partial charge on any atom is 0.317 e. The van der Waals surface area contributed by atoms with Crippen molar-refractivity contribution in [1.29, 1.82) is 0 Å². The normalized spacial score (nSPS) is 13.0. The summed E-state index contributed by atoms with van der Waals surface area (Å²) >= 11 is 0. The molecule has 1 atom stereocenters. The first-order valence-electron chi connectivity index (χ1n) is 16.4. The molecule has 0 aliphatic heterocycles. The Balaban J connectivity index is 2.53. The predicted octanol–water partition coefficient (Wildman–Crippen LogP) is 11.8. The standard InChI is InChI=1S/C35H62O2/c1-5-8-11-14-17-18-21-24-31-35(4,30-23-20-16-13-10-7-3)34(36)37-33-28-26-32(27-29-33)25-22-19-15-12-9-6-2/h26-29H,5-25,30-31H2,1-4H3. The van der Waals surface area contributed by atoms with Crippen molar-refractivity contribution in [2.45, 2.75) is 175 Å². The van der Waals surface area contributed by atoms with E-state index >= 15 is 0 Å². The number of carbonyl (C=O) groups is 1. The zero-order valence-electron chi connectivity index (χ0n) is 25.4. The molecule has 0 N–H and O–H groups in total. The van der Waals surface area contributed by atoms with Gasteiger partial charge in [0.25, 0.3) is 0 Å². The van der Waals surface area contributed by atoms with Gasteiger partial charge in [-0.15, -0.1) is 0 Å². The number of aryl methyl sites for hydroxylation is 1. The largest absolute Gasteiger partial charge is 0.426 e. The summed E-state index contributed by atoms with van der Waals surface area (Å²) in [5, 5.41) is 0. The van der Waals surface area contributed by atoms with Crippen LogP contribution in [0.1, 0.15) is 175 Å². The number of unbranched alkanes of at least 4 members (excludes halogenated alkanes) is 17. The van der Waals surface area contributed by atoms with Crippen molar-refractivity contribution in [3.05, 3.63) is 29.8 Å². The Bertz CT molecular complexity index is 650. The Morgan fingerprint density at radius 3 is 1.38 bits per heavy atom. The summed E-state index contributed by atoms with van der Waals surface area (Å²) in [7, 11) is 0. The van der Waals surface area contributed by atoms with Crippen LogP contribution in [-0.4, -0.2) is 5.97 Å². The number of hydrogen-bond donors (Lipinski definition) is 0. The van der Waals surface area contributed by atoms with E-state index < -0.39 is 0 Å². The second kappa shape index (κ2) is 22.7. The van der Waals surface area contributed by atoms with E-state index in [2.05, 4.69) is 39.8 Å². The van der Waals surface area contributed by atoms with Crippen molar-refractivity contribution in [3.8, 4) is 5.75 Å². The third-order valence-electron chi connectivity index (χ3n) is 8.11. The van der Waals surface area contributed by atoms with Gasteiger partial charge in [-0.1, -0.05) is 155 Å². The Morgan fingerprint density at radius 2 is 0.946 bits per heavy atom. The molecular formula is C35H62O2. The van der Waals surface area contributed by atoms with Crippen molar-refractivity contribution in [3.63, 3.8) is 0 Å². The Kier molecular flexibility index (Phi) is 20.6. The van der Waals surface area contributed by atoms with Gasteiger partial charge in [0.1, 0.15) is 5.75 Å². The summed E-state index contributed by atoms with van der Waals surface area (Å²) in [5.74, 6) is 0.689. The molecule has 214 valence electrons. The fourth-order valence-corrected chi connectivity index (χ4v) is 5.34. The number of esters is 1. The molecule has 0 aliphatic rings. The van der Waals surface area contributed by atoms with E-state index in [9.17, 15) is 4.79 Å². The molecule has 1 unspecified atom stereocenters. The van der Waals surface area contributed by atoms with Crippen LogP contribution < -0.4 is 4.74 Å². The second-order valence-electron chi connectivity index (χ2n) is 11.9. The van der Waals surface area contributed by atoms with E-state index in [1.807, 2.05) is 12.1 Å². The highest BCUT2D eigenvalue weighted by atomic mass is 16.5. The lowest BCUT2D eigenvalue weighted by Crippen LogP contribution is -2.32. The summed E-state index contributed by atoms with van der Waals surface area (Å²) in [4.78, 5) is 13.4. The zero-order valence-corrected chi connectivity index (χ0v) is 25.4. The fourth-order valence-electron chi connectivity index (χ4n) is 5.34. The highest BCUT2D eigenvalue weighted by Crippen LogP contribution is 2.34. The van der Waals surface area contributed by atoms with Crippen LogP contribution in [0.4, 0.5) is 0 Å². The molecule has 1 rings (SSSR count). The maximum absolute atomic E-state index is 13.4. The summed E-state index contributed by atoms with van der Waals surface area (Å²) in [6.07, 6.45) is 28.9. The average molecular weight is 515 g/mol. The fraction of sp³-hybridized carbons (Fsp3) is 0.800. The number of benzene rings is 1. The summed E-state index contributed by atoms with van der Waals surface area (Å²) < 4.78 is 5.98. The highest BCUT2D eigenvalue weighted by molar-refractivity contribution is 5.78. The van der Waals surface area contributed by atoms with Crippen molar-refractivity contribution in [2.75, 3.05) is 0 Å². The van der Waals surface area contributed by atoms with E-state index in [4.69, 9.17) is 4.74 Å². The quantitative estimate of drug-likeness (QED) is 0.0736. The van der Waals surface area contributed by atoms with Crippen LogP contribution in [0.2, 0.25) is 0 Å². The van der Waals surface area contributed by atoms with E-state index in [1.165, 1.54) is 121 Å². The third kappa shape index (κ3) is 17.0. The zero-order chi connectivity index (χ0) is 27.0. The molecule has 2 nitrogen and oxygen atoms in total. The summed E-state index contributed by atoms with van der Waals surface area (Å²) in [6, 6.07) is 8.31. The molecule has 0 heterocycles. The lowest BCUT2D eigenvalue weighted by atomic mass is 9.79. The maximum atomic E-state index is 13.4. The van der Waals surface area contributed by atoms with Crippen LogP contribution >= 0.6 is 0 Å². The molecule has 0 aliphatic carbocycles. The molecule has 2 heteroatoms. The minimum Gasteiger partial charge on any atom is -0.426 e. The molecule has 0 saturated heterocycles. The van der Waals surface area contributed by atoms with Gasteiger partial charge < -0.3 is 4.74 Å². The van der Waals surface area contributed by atoms with Gasteiger partial charge >= 0.3 is 5.97 Å². The molecule has 37 heavy (non-hydrogen) atoms. The molecule has 1 aromatic carbocycles. The van der Waals surface area contributed by atoms with Crippen molar-refractivity contribution < 1.29 is 9.53 Å². The lowest BCUT2D eigenvalue weighted by molar-refractivity contribution is -0.146. The molecule has 0 bridgehead atoms. The number of hydrogen-bond acceptors (Lipinski definition) is 2. The predicted molar refractivity (Wildman–Crippen MR) is 162 cm³/mol. The van der Waals surface area contributed by atoms with Crippen LogP contribution in [0.25, 0.3) is 0 Å². The summed E-state index contributed by atoms with van der Waals surface area (Å²) in [5.41, 5.74) is 0.980. The Hall–Kier alpha value is -1.31. The van der Waals surface area contributed by atoms with Crippen LogP contribution in [0.3, 0.4) is 0 Å². The average Bonchev–Trinajstić information content (AvgIpc) is 2.90. The highest BCUT2D eigenvalue weighted by Gasteiger charge is 2.34. The van der Waals surface area contributed by atoms with Crippen molar-refractivity contribution in [2.24, 2.45) is 5.41 Å². The molecule has 0 radical (unpaired) electrons. The number of ether oxygens (including phenoxy) is 1. The van der Waals surface area contributed by atoms with Gasteiger partial charge in [-0.3, -0.25) is 4.79 Å². The Morgan fingerprint density at radius 1 is 0.568 bits per heavy atom. The van der Waals surface area contributed by atoms with Crippen LogP contribution in [0.15, 0.2) is 24.3 Å². The van der Waals surface area contributed by atoms with Gasteiger partial charge in [0.2, 0.25) is 0 Å². The molecule has 0 spiro atoms. The van der Waals surface area contributed by atoms with Gasteiger partial charge in [-0.25, -0.2) is 0 Å². The van der Waals surface area contributed by atoms with Crippen LogP contribution in [0, 0.1) is 5.41 Å². The first-order chi connectivity index (χ1) is 18.1. The van der Waals surface area contributed by atoms with Crippen LogP contribution in [-0.2, 0) is 11.2 Å². The van der Waals surface area contributed by atoms with Gasteiger partial charge in [0.05, 0.1) is 5.41 Å². The SMILES string of the molecule is CCCCCCCCCCC(C)(CCCCCCCC)C(=O)Oc1ccc(CCCCCCCC)cc1. The first-order valence-corrected chi connectivity index (χ1v) is 16.4. The minimum atomic E-state index is -0.371. The van der Waals surface area contributed by atoms with Gasteiger partial charge in [0, 0.05) is 0 Å². The van der Waals surface area contributed by atoms with E-state index in [0.717, 1.165) is 32.1 Å². The van der Waals surface area contributed by atoms with Crippen molar-refractivity contribution in [1.82, 2.24) is 0 Å². The second-order valence-corrected chi connectivity index (χ2v) is 11.9. The molecule has 0 amide bonds. The Labute approximate surface area is 231 Å². The number of carbonyl (C=O) groups excluding carboxylic acids is 1. The minimum absolute atomic E-state index is 0.0207. The van der Waals surface area contributed by atoms with Gasteiger partial charge in [0.15, 0.2) is 0 Å². The molecule has 0 fully saturated rings. The summed E-state index contributed by atoms with van der Waals surface area (Å²) in [6.45, 7) is 8.96. The number of rotatable bonds is 25. The first kappa shape index (κ1) is 33.7. The van der Waals surface area contributed by atoms with E-state index in [-0.39, 0.29) is 11.4 Å². The molecule has 1 aromatic rings. The monoisotopic (exact) mass is 514 g/mol.